The number of imide groups is 6. The number of aliphatic hydroxyl groups excluding tert-OH is 1. The number of halogens is 2. The first-order valence-corrected chi connectivity index (χ1v) is 37.7. The van der Waals surface area contributed by atoms with Crippen molar-refractivity contribution in [3.05, 3.63) is 231 Å². The van der Waals surface area contributed by atoms with E-state index in [0.717, 1.165) is 51.3 Å². The lowest BCUT2D eigenvalue weighted by Crippen LogP contribution is -2.33. The maximum absolute atomic E-state index is 12.7. The number of benzene rings is 6. The fraction of sp³-hybridized carbons (Fsp3) is 0.120. The fourth-order valence-corrected chi connectivity index (χ4v) is 14.7. The number of carbonyl (C=O) groups is 18. The molecule has 0 spiro atoms. The summed E-state index contributed by atoms with van der Waals surface area (Å²) in [5.41, 5.74) is 4.73. The Kier molecular flexibility index (Phi) is 33.5. The molecule has 0 unspecified atom stereocenters. The van der Waals surface area contributed by atoms with E-state index in [1.54, 1.807) is 115 Å². The predicted molar refractivity (Wildman–Crippen MR) is 425 cm³/mol. The SMILES string of the molecule is COc1cccc(/C=C2\SC(=O)N(CC(=O)O)C2=O)c1.COc1ccccc1/C=C1\SC(=O)N(CC(=O)O)C1=O.O=C(O)CN1C(=O)S/C(=C\c2ccc(CO)cc2)C1=O.O=C(O)CN1C(=O)S/C(=C\c2ccc(F)cc2)C1=O.O=C(O)CN1C(=O)S/C(=C\c2ccccc2)C1=O.O=C(O)CN1C(=O)S/C(=C\c2ccccc2Cl)C1=O. The number of methoxy groups -OCH3 is 2. The molecule has 7 N–H and O–H groups in total. The van der Waals surface area contributed by atoms with Crippen LogP contribution in [0.2, 0.25) is 5.02 Å². The number of rotatable bonds is 21. The van der Waals surface area contributed by atoms with Gasteiger partial charge in [-0.15, -0.1) is 0 Å². The van der Waals surface area contributed by atoms with Gasteiger partial charge < -0.3 is 45.2 Å². The molecule has 6 aromatic rings. The van der Waals surface area contributed by atoms with Crippen LogP contribution < -0.4 is 9.47 Å². The summed E-state index contributed by atoms with van der Waals surface area (Å²) in [7, 11) is 3.03. The largest absolute Gasteiger partial charge is 0.497 e. The second-order valence-electron chi connectivity index (χ2n) is 22.9. The lowest BCUT2D eigenvalue weighted by atomic mass is 10.1. The molecule has 12 amide bonds. The third-order valence-electron chi connectivity index (χ3n) is 14.7. The number of carboxylic acids is 6. The standard InChI is InChI=1S/3C13H11NO5S.C12H8ClNO4S.C12H8FNO4S.C12H9NO4S/c1-19-9-4-2-3-8(5-9)6-10-12(17)14(7-11(15)16)13(18)20-10;1-19-9-5-3-2-4-8(9)6-10-12(17)14(7-11(15)16)13(18)20-10;15-7-9-3-1-8(2-4-9)5-10-12(18)14(6-11(16)17)13(19)20-10;13-8-4-2-1-3-7(8)5-9-11(17)14(6-10(15)16)12(18)19-9;13-8-3-1-7(2-4-8)5-9-11(17)14(6-10(15)16)12(18)19-9;14-10(15)7-13-11(16)9(18-12(13)17)6-8-4-2-1-3-5-8/h2*2-6H,7H2,1H3,(H,15,16);1-5,15H,6-7H2,(H,16,17);2*1-5H,6H2,(H,15,16);1-6H,7H2,(H,14,15)/b2*10-6-;10-5-;2*9-5-;9-6-. The van der Waals surface area contributed by atoms with Crippen LogP contribution in [0.15, 0.2) is 181 Å². The monoisotopic (exact) mass is 1720 g/mol. The van der Waals surface area contributed by atoms with Gasteiger partial charge in [-0.2, -0.15) is 0 Å². The zero-order chi connectivity index (χ0) is 85.2. The van der Waals surface area contributed by atoms with E-state index in [4.69, 9.17) is 56.8 Å². The van der Waals surface area contributed by atoms with Gasteiger partial charge in [0.2, 0.25) is 0 Å². The second kappa shape index (κ2) is 43.0. The van der Waals surface area contributed by atoms with Crippen molar-refractivity contribution in [1.82, 2.24) is 29.4 Å². The Morgan fingerprint density at radius 2 is 0.629 bits per heavy atom. The highest BCUT2D eigenvalue weighted by atomic mass is 35.5. The Balaban J connectivity index is 0.000000193. The number of aliphatic hydroxyl groups is 1. The van der Waals surface area contributed by atoms with Crippen molar-refractivity contribution in [3.8, 4) is 11.5 Å². The third kappa shape index (κ3) is 26.2. The molecule has 12 rings (SSSR count). The van der Waals surface area contributed by atoms with Crippen molar-refractivity contribution in [3.63, 3.8) is 0 Å². The number of carboxylic acid groups (broad SMARTS) is 6. The third-order valence-corrected chi connectivity index (χ3v) is 20.5. The van der Waals surface area contributed by atoms with Crippen LogP contribution in [-0.2, 0) is 64.1 Å². The molecule has 0 aromatic heterocycles. The Morgan fingerprint density at radius 1 is 0.345 bits per heavy atom. The van der Waals surface area contributed by atoms with Gasteiger partial charge in [-0.1, -0.05) is 127 Å². The Bertz CT molecular complexity index is 5170. The fourth-order valence-electron chi connectivity index (χ4n) is 9.45. The van der Waals surface area contributed by atoms with E-state index in [1.165, 1.54) is 68.9 Å². The molecule has 6 aromatic carbocycles. The molecule has 6 aliphatic heterocycles. The predicted octanol–water partition coefficient (Wildman–Crippen LogP) is 11.1. The van der Waals surface area contributed by atoms with E-state index in [1.807, 2.05) is 18.2 Å². The quantitative estimate of drug-likeness (QED) is 0.0329. The Hall–Kier alpha value is -12.7. The van der Waals surface area contributed by atoms with Gasteiger partial charge in [0.15, 0.2) is 0 Å². The van der Waals surface area contributed by atoms with E-state index < -0.39 is 148 Å². The molecule has 6 aliphatic rings. The average Bonchev–Trinajstić information content (AvgIpc) is 1.71. The minimum Gasteiger partial charge on any atom is -0.497 e. The zero-order valence-corrected chi connectivity index (χ0v) is 65.2. The summed E-state index contributed by atoms with van der Waals surface area (Å²) in [5, 5.41) is 57.7. The van der Waals surface area contributed by atoms with Crippen molar-refractivity contribution >= 4 is 221 Å². The topological polar surface area (TPSA) is 487 Å². The molecule has 600 valence electrons. The first-order valence-electron chi connectivity index (χ1n) is 32.4. The highest BCUT2D eigenvalue weighted by Gasteiger charge is 2.41. The number of hydrogen-bond acceptors (Lipinski definition) is 27. The van der Waals surface area contributed by atoms with Crippen molar-refractivity contribution in [2.45, 2.75) is 6.61 Å². The maximum Gasteiger partial charge on any atom is 0.323 e. The number of amides is 12. The van der Waals surface area contributed by atoms with Gasteiger partial charge >= 0.3 is 35.8 Å². The van der Waals surface area contributed by atoms with Crippen LogP contribution in [0.3, 0.4) is 0 Å². The molecule has 33 nitrogen and oxygen atoms in total. The highest BCUT2D eigenvalue weighted by Crippen LogP contribution is 2.38. The number of aliphatic carboxylic acids is 6. The van der Waals surface area contributed by atoms with Gasteiger partial charge in [0, 0.05) is 10.6 Å². The van der Waals surface area contributed by atoms with E-state index in [9.17, 15) is 90.7 Å². The van der Waals surface area contributed by atoms with Gasteiger partial charge in [0.1, 0.15) is 56.6 Å². The average molecular weight is 1720 g/mol. The minimum absolute atomic E-state index is 0.0740. The molecule has 116 heavy (non-hydrogen) atoms. The van der Waals surface area contributed by atoms with Crippen LogP contribution in [0.4, 0.5) is 33.2 Å². The summed E-state index contributed by atoms with van der Waals surface area (Å²) in [6.07, 6.45) is 9.06. The van der Waals surface area contributed by atoms with E-state index >= 15 is 0 Å². The number of thioether (sulfide) groups is 6. The second-order valence-corrected chi connectivity index (χ2v) is 29.2. The van der Waals surface area contributed by atoms with Crippen LogP contribution in [0.1, 0.15) is 38.9 Å². The Labute approximate surface area is 684 Å². The molecule has 0 radical (unpaired) electrons. The molecule has 41 heteroatoms. The van der Waals surface area contributed by atoms with Gasteiger partial charge in [0.05, 0.1) is 50.3 Å². The minimum atomic E-state index is -1.26. The van der Waals surface area contributed by atoms with E-state index in [-0.39, 0.29) is 36.0 Å². The lowest BCUT2D eigenvalue weighted by molar-refractivity contribution is -0.140. The smallest absolute Gasteiger partial charge is 0.323 e. The number of carbonyl (C=O) groups excluding carboxylic acids is 12. The molecule has 6 saturated heterocycles. The Morgan fingerprint density at radius 3 is 0.957 bits per heavy atom. The van der Waals surface area contributed by atoms with Crippen LogP contribution in [0.5, 0.6) is 11.5 Å². The van der Waals surface area contributed by atoms with Gasteiger partial charge in [0.25, 0.3) is 66.9 Å². The van der Waals surface area contributed by atoms with Gasteiger partial charge in [-0.05, 0) is 177 Å². The van der Waals surface area contributed by atoms with Crippen molar-refractivity contribution in [2.75, 3.05) is 53.5 Å². The van der Waals surface area contributed by atoms with Gasteiger partial charge in [-0.3, -0.25) is 116 Å². The van der Waals surface area contributed by atoms with Crippen molar-refractivity contribution < 1.29 is 136 Å². The maximum atomic E-state index is 12.7. The zero-order valence-electron chi connectivity index (χ0n) is 59.5. The number of ether oxygens (including phenoxy) is 2. The summed E-state index contributed by atoms with van der Waals surface area (Å²) in [6, 6.07) is 42.1. The first-order chi connectivity index (χ1) is 55.1. The molecule has 6 fully saturated rings. The molecular formula is C75H58ClFN6O27S6. The summed E-state index contributed by atoms with van der Waals surface area (Å²) in [6.45, 7) is -3.86. The summed E-state index contributed by atoms with van der Waals surface area (Å²) < 4.78 is 22.9. The number of nitrogens with zero attached hydrogens (tertiary/aromatic N) is 6. The lowest BCUT2D eigenvalue weighted by Gasteiger charge is -2.08. The molecule has 0 bridgehead atoms. The summed E-state index contributed by atoms with van der Waals surface area (Å²) in [5.74, 6) is -10.2. The van der Waals surface area contributed by atoms with Gasteiger partial charge in [-0.25, -0.2) is 4.39 Å². The highest BCUT2D eigenvalue weighted by molar-refractivity contribution is 8.20. The van der Waals surface area contributed by atoms with Crippen LogP contribution in [0, 0.1) is 5.82 Å². The summed E-state index contributed by atoms with van der Waals surface area (Å²) in [4.78, 5) is 209. The van der Waals surface area contributed by atoms with Crippen molar-refractivity contribution in [1.29, 1.82) is 0 Å². The molecule has 0 saturated carbocycles. The van der Waals surface area contributed by atoms with E-state index in [0.29, 0.717) is 104 Å². The first kappa shape index (κ1) is 90.5. The molecule has 6 heterocycles. The van der Waals surface area contributed by atoms with E-state index in [2.05, 4.69) is 0 Å². The van der Waals surface area contributed by atoms with Crippen LogP contribution in [0.25, 0.3) is 36.5 Å². The van der Waals surface area contributed by atoms with Crippen molar-refractivity contribution in [2.24, 2.45) is 0 Å². The number of para-hydroxylation sites is 1. The van der Waals surface area contributed by atoms with Crippen LogP contribution in [-0.4, -0.2) is 221 Å². The normalized spacial score (nSPS) is 17.1. The molecule has 0 aliphatic carbocycles. The summed E-state index contributed by atoms with van der Waals surface area (Å²) >= 11 is 10.2. The van der Waals surface area contributed by atoms with Crippen LogP contribution >= 0.6 is 82.2 Å². The molecular weight excluding hydrogens is 1660 g/mol. The number of hydrogen-bond donors (Lipinski definition) is 7. The molecule has 0 atom stereocenters.